The maximum Gasteiger partial charge on any atom is 0.0354 e. The monoisotopic (exact) mass is 214 g/mol. The molecule has 3 N–H and O–H groups in total. The van der Waals surface area contributed by atoms with Crippen molar-refractivity contribution in [1.82, 2.24) is 0 Å². The number of anilines is 1. The lowest BCUT2D eigenvalue weighted by atomic mass is 9.91. The zero-order valence-electron chi connectivity index (χ0n) is 9.45. The SMILES string of the molecule is C#Cc1cccc(NC2CCCC(N)C2)c1. The second-order valence-electron chi connectivity index (χ2n) is 4.49. The summed E-state index contributed by atoms with van der Waals surface area (Å²) in [4.78, 5) is 0. The first-order valence-corrected chi connectivity index (χ1v) is 5.87. The van der Waals surface area contributed by atoms with E-state index in [1.54, 1.807) is 0 Å². The van der Waals surface area contributed by atoms with E-state index in [4.69, 9.17) is 12.2 Å². The Kier molecular flexibility index (Phi) is 3.48. The second kappa shape index (κ2) is 5.05. The molecule has 1 fully saturated rings. The molecule has 1 saturated carbocycles. The molecule has 2 unspecified atom stereocenters. The summed E-state index contributed by atoms with van der Waals surface area (Å²) < 4.78 is 0. The molecule has 2 nitrogen and oxygen atoms in total. The third kappa shape index (κ3) is 2.77. The highest BCUT2D eigenvalue weighted by Gasteiger charge is 2.18. The second-order valence-corrected chi connectivity index (χ2v) is 4.49. The first-order chi connectivity index (χ1) is 7.78. The minimum Gasteiger partial charge on any atom is -0.382 e. The highest BCUT2D eigenvalue weighted by Crippen LogP contribution is 2.21. The smallest absolute Gasteiger partial charge is 0.0354 e. The third-order valence-electron chi connectivity index (χ3n) is 3.11. The molecule has 1 aliphatic rings. The van der Waals surface area contributed by atoms with E-state index in [2.05, 4.69) is 17.3 Å². The number of terminal acetylenes is 1. The van der Waals surface area contributed by atoms with Crippen molar-refractivity contribution < 1.29 is 0 Å². The zero-order chi connectivity index (χ0) is 11.4. The van der Waals surface area contributed by atoms with Crippen molar-refractivity contribution in [1.29, 1.82) is 0 Å². The van der Waals surface area contributed by atoms with Crippen LogP contribution in [-0.2, 0) is 0 Å². The molecule has 0 aromatic heterocycles. The topological polar surface area (TPSA) is 38.0 Å². The standard InChI is InChI=1S/C14H18N2/c1-2-11-5-3-7-13(9-11)16-14-8-4-6-12(15)10-14/h1,3,5,7,9,12,14,16H,4,6,8,10,15H2. The Balaban J connectivity index is 2.00. The van der Waals surface area contributed by atoms with E-state index in [1.807, 2.05) is 18.2 Å². The predicted molar refractivity (Wildman–Crippen MR) is 68.2 cm³/mol. The summed E-state index contributed by atoms with van der Waals surface area (Å²) in [5, 5.41) is 3.51. The molecule has 2 atom stereocenters. The van der Waals surface area contributed by atoms with Gasteiger partial charge in [-0.05, 0) is 43.9 Å². The lowest BCUT2D eigenvalue weighted by Gasteiger charge is -2.28. The number of benzene rings is 1. The summed E-state index contributed by atoms with van der Waals surface area (Å²) in [7, 11) is 0. The third-order valence-corrected chi connectivity index (χ3v) is 3.11. The van der Waals surface area contributed by atoms with Gasteiger partial charge in [-0.2, -0.15) is 0 Å². The van der Waals surface area contributed by atoms with E-state index in [9.17, 15) is 0 Å². The van der Waals surface area contributed by atoms with Gasteiger partial charge in [-0.25, -0.2) is 0 Å². The van der Waals surface area contributed by atoms with E-state index in [0.29, 0.717) is 12.1 Å². The lowest BCUT2D eigenvalue weighted by Crippen LogP contribution is -2.34. The minimum absolute atomic E-state index is 0.349. The van der Waals surface area contributed by atoms with E-state index in [1.165, 1.54) is 12.8 Å². The highest BCUT2D eigenvalue weighted by molar-refractivity contribution is 5.50. The quantitative estimate of drug-likeness (QED) is 0.742. The Morgan fingerprint density at radius 3 is 3.00 bits per heavy atom. The molecular weight excluding hydrogens is 196 g/mol. The molecule has 0 amide bonds. The van der Waals surface area contributed by atoms with Gasteiger partial charge in [0.05, 0.1) is 0 Å². The summed E-state index contributed by atoms with van der Waals surface area (Å²) in [5.74, 6) is 2.65. The molecule has 16 heavy (non-hydrogen) atoms. The van der Waals surface area contributed by atoms with Crippen molar-refractivity contribution in [2.75, 3.05) is 5.32 Å². The molecule has 2 heteroatoms. The predicted octanol–water partition coefficient (Wildman–Crippen LogP) is 2.35. The van der Waals surface area contributed by atoms with Crippen LogP contribution in [0.4, 0.5) is 5.69 Å². The maximum atomic E-state index is 5.96. The summed E-state index contributed by atoms with van der Waals surface area (Å²) in [6.45, 7) is 0. The van der Waals surface area contributed by atoms with Gasteiger partial charge in [0.2, 0.25) is 0 Å². The van der Waals surface area contributed by atoms with Gasteiger partial charge >= 0.3 is 0 Å². The Hall–Kier alpha value is -1.46. The molecule has 0 bridgehead atoms. The van der Waals surface area contributed by atoms with Crippen molar-refractivity contribution in [3.63, 3.8) is 0 Å². The molecule has 0 radical (unpaired) electrons. The molecule has 1 aromatic rings. The average Bonchev–Trinajstić information content (AvgIpc) is 2.29. The molecular formula is C14H18N2. The molecule has 1 aliphatic carbocycles. The number of hydrogen-bond acceptors (Lipinski definition) is 2. The van der Waals surface area contributed by atoms with Gasteiger partial charge in [-0.1, -0.05) is 12.0 Å². The number of nitrogens with one attached hydrogen (secondary N) is 1. The normalized spacial score (nSPS) is 24.8. The number of rotatable bonds is 2. The van der Waals surface area contributed by atoms with Crippen LogP contribution in [0.1, 0.15) is 31.2 Å². The van der Waals surface area contributed by atoms with Gasteiger partial charge < -0.3 is 11.1 Å². The van der Waals surface area contributed by atoms with Crippen LogP contribution in [0.25, 0.3) is 0 Å². The summed E-state index contributed by atoms with van der Waals surface area (Å²) in [6, 6.07) is 8.85. The molecule has 0 heterocycles. The Morgan fingerprint density at radius 2 is 2.25 bits per heavy atom. The van der Waals surface area contributed by atoms with Crippen molar-refractivity contribution in [2.45, 2.75) is 37.8 Å². The summed E-state index contributed by atoms with van der Waals surface area (Å²) in [5.41, 5.74) is 7.99. The average molecular weight is 214 g/mol. The van der Waals surface area contributed by atoms with Crippen molar-refractivity contribution in [3.05, 3.63) is 29.8 Å². The fourth-order valence-corrected chi connectivity index (χ4v) is 2.29. The van der Waals surface area contributed by atoms with Crippen LogP contribution in [-0.4, -0.2) is 12.1 Å². The number of nitrogens with two attached hydrogens (primary N) is 1. The first-order valence-electron chi connectivity index (χ1n) is 5.87. The number of hydrogen-bond donors (Lipinski definition) is 2. The van der Waals surface area contributed by atoms with Crippen LogP contribution in [0.3, 0.4) is 0 Å². The molecule has 0 aliphatic heterocycles. The van der Waals surface area contributed by atoms with Crippen LogP contribution in [0.5, 0.6) is 0 Å². The summed E-state index contributed by atoms with van der Waals surface area (Å²) >= 11 is 0. The van der Waals surface area contributed by atoms with E-state index in [-0.39, 0.29) is 0 Å². The van der Waals surface area contributed by atoms with Gasteiger partial charge in [0.15, 0.2) is 0 Å². The van der Waals surface area contributed by atoms with Crippen LogP contribution in [0.15, 0.2) is 24.3 Å². The van der Waals surface area contributed by atoms with E-state index in [0.717, 1.165) is 24.1 Å². The minimum atomic E-state index is 0.349. The van der Waals surface area contributed by atoms with Gasteiger partial charge in [0.1, 0.15) is 0 Å². The van der Waals surface area contributed by atoms with Crippen LogP contribution in [0, 0.1) is 12.3 Å². The molecule has 0 saturated heterocycles. The Labute approximate surface area is 97.2 Å². The van der Waals surface area contributed by atoms with Crippen LogP contribution >= 0.6 is 0 Å². The first kappa shape index (κ1) is 11.0. The Morgan fingerprint density at radius 1 is 1.38 bits per heavy atom. The van der Waals surface area contributed by atoms with Gasteiger partial charge in [0, 0.05) is 23.3 Å². The van der Waals surface area contributed by atoms with Crippen molar-refractivity contribution in [3.8, 4) is 12.3 Å². The lowest BCUT2D eigenvalue weighted by molar-refractivity contribution is 0.409. The van der Waals surface area contributed by atoms with E-state index >= 15 is 0 Å². The van der Waals surface area contributed by atoms with Crippen LogP contribution < -0.4 is 11.1 Å². The van der Waals surface area contributed by atoms with Crippen molar-refractivity contribution in [2.24, 2.45) is 5.73 Å². The van der Waals surface area contributed by atoms with Crippen LogP contribution in [0.2, 0.25) is 0 Å². The van der Waals surface area contributed by atoms with Gasteiger partial charge in [0.25, 0.3) is 0 Å². The molecule has 1 aromatic carbocycles. The largest absolute Gasteiger partial charge is 0.382 e. The fourth-order valence-electron chi connectivity index (χ4n) is 2.29. The van der Waals surface area contributed by atoms with Gasteiger partial charge in [-0.3, -0.25) is 0 Å². The molecule has 2 rings (SSSR count). The molecule has 0 spiro atoms. The maximum absolute atomic E-state index is 5.96. The van der Waals surface area contributed by atoms with E-state index < -0.39 is 0 Å². The molecule has 84 valence electrons. The zero-order valence-corrected chi connectivity index (χ0v) is 9.45. The Bertz CT molecular complexity index is 392. The fraction of sp³-hybridized carbons (Fsp3) is 0.429. The highest BCUT2D eigenvalue weighted by atomic mass is 14.9. The van der Waals surface area contributed by atoms with Crippen molar-refractivity contribution >= 4 is 5.69 Å². The van der Waals surface area contributed by atoms with Gasteiger partial charge in [-0.15, -0.1) is 6.42 Å². The summed E-state index contributed by atoms with van der Waals surface area (Å²) in [6.07, 6.45) is 10.0.